The van der Waals surface area contributed by atoms with E-state index in [2.05, 4.69) is 36.2 Å². The fourth-order valence-electron chi connectivity index (χ4n) is 2.68. The third kappa shape index (κ3) is 3.62. The molecule has 1 aliphatic rings. The fourth-order valence-corrected chi connectivity index (χ4v) is 3.49. The molecule has 0 bridgehead atoms. The summed E-state index contributed by atoms with van der Waals surface area (Å²) in [5.74, 6) is 3.05. The summed E-state index contributed by atoms with van der Waals surface area (Å²) in [6.45, 7) is 9.06. The van der Waals surface area contributed by atoms with E-state index in [1.807, 2.05) is 6.92 Å². The summed E-state index contributed by atoms with van der Waals surface area (Å²) in [6, 6.07) is 5.27. The molecule has 0 N–H and O–H groups in total. The van der Waals surface area contributed by atoms with Crippen LogP contribution in [-0.2, 0) is 0 Å². The minimum absolute atomic E-state index is 0.0459. The molecule has 1 amide bonds. The molecule has 130 valence electrons. The third-order valence-electron chi connectivity index (χ3n) is 3.89. The van der Waals surface area contributed by atoms with Gasteiger partial charge in [-0.05, 0) is 25.1 Å². The number of anilines is 1. The molecule has 7 heteroatoms. The van der Waals surface area contributed by atoms with Crippen LogP contribution in [0.25, 0.3) is 0 Å². The van der Waals surface area contributed by atoms with Gasteiger partial charge in [0.25, 0.3) is 5.91 Å². The standard InChI is InChI=1S/C18H19Cl2N3OSi/c1-12-11-22(14-5-6-15(19)16(20)9-14)18(24)17-13(10-21-23(12)17)7-8-25(2,3)4/h5-6,9-10,12H,11H2,1-4H3/t12-/m0/s1. The Bertz CT molecular complexity index is 905. The van der Waals surface area contributed by atoms with Crippen molar-refractivity contribution in [1.82, 2.24) is 9.78 Å². The van der Waals surface area contributed by atoms with Gasteiger partial charge in [0.1, 0.15) is 13.8 Å². The summed E-state index contributed by atoms with van der Waals surface area (Å²) < 4.78 is 1.77. The average molecular weight is 392 g/mol. The molecule has 25 heavy (non-hydrogen) atoms. The van der Waals surface area contributed by atoms with E-state index in [0.717, 1.165) is 5.69 Å². The number of fused-ring (bicyclic) bond motifs is 1. The van der Waals surface area contributed by atoms with Crippen LogP contribution in [0.3, 0.4) is 0 Å². The van der Waals surface area contributed by atoms with Crippen molar-refractivity contribution in [2.75, 3.05) is 11.4 Å². The number of benzene rings is 1. The normalized spacial score (nSPS) is 17.1. The quantitative estimate of drug-likeness (QED) is 0.524. The molecule has 0 aliphatic carbocycles. The van der Waals surface area contributed by atoms with E-state index in [0.29, 0.717) is 27.8 Å². The minimum Gasteiger partial charge on any atom is -0.305 e. The van der Waals surface area contributed by atoms with Gasteiger partial charge < -0.3 is 4.90 Å². The molecule has 1 aromatic heterocycles. The first kappa shape index (κ1) is 18.1. The number of rotatable bonds is 1. The van der Waals surface area contributed by atoms with Crippen molar-refractivity contribution in [3.8, 4) is 11.5 Å². The van der Waals surface area contributed by atoms with Crippen molar-refractivity contribution >= 4 is 42.9 Å². The van der Waals surface area contributed by atoms with Gasteiger partial charge in [-0.25, -0.2) is 0 Å². The second-order valence-electron chi connectivity index (χ2n) is 7.21. The molecule has 1 aliphatic heterocycles. The molecule has 1 aromatic carbocycles. The second-order valence-corrected chi connectivity index (χ2v) is 12.8. The van der Waals surface area contributed by atoms with Crippen LogP contribution in [0.5, 0.6) is 0 Å². The van der Waals surface area contributed by atoms with Crippen molar-refractivity contribution in [1.29, 1.82) is 0 Å². The lowest BCUT2D eigenvalue weighted by molar-refractivity contribution is 0.0953. The van der Waals surface area contributed by atoms with E-state index >= 15 is 0 Å². The van der Waals surface area contributed by atoms with Gasteiger partial charge in [-0.15, -0.1) is 5.54 Å². The van der Waals surface area contributed by atoms with Gasteiger partial charge in [-0.3, -0.25) is 9.48 Å². The number of halogens is 2. The predicted molar refractivity (Wildman–Crippen MR) is 105 cm³/mol. The molecule has 0 spiro atoms. The van der Waals surface area contributed by atoms with Gasteiger partial charge in [-0.2, -0.15) is 5.10 Å². The average Bonchev–Trinajstić information content (AvgIpc) is 2.96. The van der Waals surface area contributed by atoms with Crippen LogP contribution >= 0.6 is 23.2 Å². The van der Waals surface area contributed by atoms with E-state index in [1.54, 1.807) is 34.0 Å². The lowest BCUT2D eigenvalue weighted by atomic mass is 10.1. The van der Waals surface area contributed by atoms with Crippen molar-refractivity contribution < 1.29 is 4.79 Å². The van der Waals surface area contributed by atoms with Gasteiger partial charge in [0.05, 0.1) is 27.8 Å². The maximum Gasteiger partial charge on any atom is 0.277 e. The van der Waals surface area contributed by atoms with E-state index in [4.69, 9.17) is 23.2 Å². The highest BCUT2D eigenvalue weighted by molar-refractivity contribution is 6.83. The molecule has 0 radical (unpaired) electrons. The van der Waals surface area contributed by atoms with Crippen LogP contribution < -0.4 is 4.90 Å². The SMILES string of the molecule is C[C@H]1CN(c2ccc(Cl)c(Cl)c2)C(=O)c2c(C#C[Si](C)(C)C)cnn21. The Kier molecular flexibility index (Phi) is 4.71. The Morgan fingerprint density at radius 2 is 1.96 bits per heavy atom. The smallest absolute Gasteiger partial charge is 0.277 e. The summed E-state index contributed by atoms with van der Waals surface area (Å²) in [4.78, 5) is 14.8. The van der Waals surface area contributed by atoms with Crippen molar-refractivity contribution in [3.05, 3.63) is 45.7 Å². The number of aromatic nitrogens is 2. The number of carbonyl (C=O) groups excluding carboxylic acids is 1. The highest BCUT2D eigenvalue weighted by Crippen LogP contribution is 2.31. The van der Waals surface area contributed by atoms with Crippen LogP contribution in [0, 0.1) is 11.5 Å². The molecule has 0 fully saturated rings. The third-order valence-corrected chi connectivity index (χ3v) is 5.51. The van der Waals surface area contributed by atoms with Gasteiger partial charge >= 0.3 is 0 Å². The van der Waals surface area contributed by atoms with Gasteiger partial charge in [-0.1, -0.05) is 48.8 Å². The van der Waals surface area contributed by atoms with Crippen LogP contribution in [0.15, 0.2) is 24.4 Å². The van der Waals surface area contributed by atoms with Crippen LogP contribution in [0.2, 0.25) is 29.7 Å². The van der Waals surface area contributed by atoms with Crippen molar-refractivity contribution in [2.45, 2.75) is 32.6 Å². The first-order valence-electron chi connectivity index (χ1n) is 8.05. The number of nitrogens with zero attached hydrogens (tertiary/aromatic N) is 3. The lowest BCUT2D eigenvalue weighted by Crippen LogP contribution is -2.43. The number of carbonyl (C=O) groups is 1. The number of hydrogen-bond acceptors (Lipinski definition) is 2. The summed E-state index contributed by atoms with van der Waals surface area (Å²) in [5.41, 5.74) is 5.25. The summed E-state index contributed by atoms with van der Waals surface area (Å²) in [5, 5.41) is 5.28. The Morgan fingerprint density at radius 3 is 2.60 bits per heavy atom. The summed E-state index contributed by atoms with van der Waals surface area (Å²) in [6.07, 6.45) is 1.69. The molecule has 0 saturated carbocycles. The molecule has 2 aromatic rings. The summed E-state index contributed by atoms with van der Waals surface area (Å²) >= 11 is 12.1. The van der Waals surface area contributed by atoms with Crippen LogP contribution in [0.1, 0.15) is 29.0 Å². The second kappa shape index (κ2) is 6.53. The first-order valence-corrected chi connectivity index (χ1v) is 12.3. The Hall–Kier alpha value is -1.74. The molecule has 0 saturated heterocycles. The number of hydrogen-bond donors (Lipinski definition) is 0. The zero-order valence-corrected chi connectivity index (χ0v) is 17.1. The number of amides is 1. The zero-order chi connectivity index (χ0) is 18.4. The fraction of sp³-hybridized carbons (Fsp3) is 0.333. The first-order chi connectivity index (χ1) is 11.7. The summed E-state index contributed by atoms with van der Waals surface area (Å²) in [7, 11) is -1.55. The van der Waals surface area contributed by atoms with Gasteiger partial charge in [0.15, 0.2) is 0 Å². The molecule has 2 heterocycles. The van der Waals surface area contributed by atoms with Gasteiger partial charge in [0.2, 0.25) is 0 Å². The monoisotopic (exact) mass is 391 g/mol. The van der Waals surface area contributed by atoms with Crippen LogP contribution in [0.4, 0.5) is 5.69 Å². The maximum atomic E-state index is 13.1. The molecule has 3 rings (SSSR count). The van der Waals surface area contributed by atoms with E-state index < -0.39 is 8.07 Å². The Morgan fingerprint density at radius 1 is 1.24 bits per heavy atom. The highest BCUT2D eigenvalue weighted by atomic mass is 35.5. The van der Waals surface area contributed by atoms with E-state index in [-0.39, 0.29) is 11.9 Å². The maximum absolute atomic E-state index is 13.1. The topological polar surface area (TPSA) is 38.1 Å². The van der Waals surface area contributed by atoms with E-state index in [1.165, 1.54) is 0 Å². The largest absolute Gasteiger partial charge is 0.305 e. The van der Waals surface area contributed by atoms with Crippen molar-refractivity contribution in [3.63, 3.8) is 0 Å². The lowest BCUT2D eigenvalue weighted by Gasteiger charge is -2.32. The van der Waals surface area contributed by atoms with Crippen molar-refractivity contribution in [2.24, 2.45) is 0 Å². The zero-order valence-electron chi connectivity index (χ0n) is 14.6. The molecular formula is C18H19Cl2N3OSi. The van der Waals surface area contributed by atoms with Crippen LogP contribution in [-0.4, -0.2) is 30.3 Å². The van der Waals surface area contributed by atoms with Gasteiger partial charge in [0, 0.05) is 12.2 Å². The minimum atomic E-state index is -1.55. The Balaban J connectivity index is 2.04. The Labute approximate surface area is 158 Å². The van der Waals surface area contributed by atoms with E-state index in [9.17, 15) is 4.79 Å². The highest BCUT2D eigenvalue weighted by Gasteiger charge is 2.33. The predicted octanol–water partition coefficient (Wildman–Crippen LogP) is 4.64. The molecule has 0 unspecified atom stereocenters. The molecule has 4 nitrogen and oxygen atoms in total. The molecular weight excluding hydrogens is 373 g/mol. The molecule has 1 atom stereocenters.